The SMILES string of the molecule is C[C@@H]1CC[C@@H](CNC(=O)N2CCC(n3nc(C4CC4)[nH]c3=O)CC2)OC1. The van der Waals surface area contributed by atoms with Crippen molar-refractivity contribution >= 4 is 6.03 Å². The van der Waals surface area contributed by atoms with Crippen molar-refractivity contribution in [1.29, 1.82) is 0 Å². The lowest BCUT2D eigenvalue weighted by Gasteiger charge is -2.32. The lowest BCUT2D eigenvalue weighted by molar-refractivity contribution is -0.00894. The molecule has 2 atom stereocenters. The van der Waals surface area contributed by atoms with Crippen LogP contribution in [0.4, 0.5) is 4.79 Å². The van der Waals surface area contributed by atoms with Gasteiger partial charge < -0.3 is 15.0 Å². The third-order valence-electron chi connectivity index (χ3n) is 5.80. The van der Waals surface area contributed by atoms with Crippen molar-refractivity contribution in [3.63, 3.8) is 0 Å². The van der Waals surface area contributed by atoms with Gasteiger partial charge in [-0.1, -0.05) is 6.92 Å². The van der Waals surface area contributed by atoms with Gasteiger partial charge in [-0.25, -0.2) is 14.3 Å². The first kappa shape index (κ1) is 17.6. The number of hydrogen-bond acceptors (Lipinski definition) is 4. The van der Waals surface area contributed by atoms with E-state index in [4.69, 9.17) is 4.74 Å². The molecule has 1 aromatic heterocycles. The summed E-state index contributed by atoms with van der Waals surface area (Å²) in [6.45, 7) is 4.85. The molecule has 8 heteroatoms. The van der Waals surface area contributed by atoms with Crippen molar-refractivity contribution in [2.45, 2.75) is 63.5 Å². The number of rotatable bonds is 4. The standard InChI is InChI=1S/C18H29N5O3/c1-12-2-5-15(26-11-12)10-19-17(24)22-8-6-14(7-9-22)23-18(25)20-16(21-23)13-3-4-13/h12-15H,2-11H2,1H3,(H,19,24)(H,20,21,25)/t12-,15+/m1/s1. The highest BCUT2D eigenvalue weighted by molar-refractivity contribution is 5.74. The van der Waals surface area contributed by atoms with E-state index in [1.165, 1.54) is 0 Å². The fourth-order valence-electron chi connectivity index (χ4n) is 3.87. The maximum atomic E-state index is 12.4. The van der Waals surface area contributed by atoms with E-state index < -0.39 is 0 Å². The number of ether oxygens (including phenoxy) is 1. The predicted molar refractivity (Wildman–Crippen MR) is 96.2 cm³/mol. The van der Waals surface area contributed by atoms with E-state index in [0.717, 1.165) is 51.0 Å². The molecule has 1 aliphatic carbocycles. The van der Waals surface area contributed by atoms with E-state index in [1.54, 1.807) is 4.68 Å². The number of amides is 2. The molecule has 144 valence electrons. The van der Waals surface area contributed by atoms with Gasteiger partial charge in [0.25, 0.3) is 0 Å². The Morgan fingerprint density at radius 3 is 2.65 bits per heavy atom. The van der Waals surface area contributed by atoms with E-state index in [2.05, 4.69) is 22.3 Å². The van der Waals surface area contributed by atoms with Crippen LogP contribution in [0.3, 0.4) is 0 Å². The summed E-state index contributed by atoms with van der Waals surface area (Å²) in [4.78, 5) is 29.2. The molecule has 26 heavy (non-hydrogen) atoms. The lowest BCUT2D eigenvalue weighted by atomic mass is 10.0. The normalized spacial score (nSPS) is 27.5. The number of nitrogens with one attached hydrogen (secondary N) is 2. The molecular formula is C18H29N5O3. The number of hydrogen-bond donors (Lipinski definition) is 2. The molecule has 2 amide bonds. The van der Waals surface area contributed by atoms with Crippen LogP contribution >= 0.6 is 0 Å². The average Bonchev–Trinajstić information content (AvgIpc) is 3.43. The summed E-state index contributed by atoms with van der Waals surface area (Å²) in [5.74, 6) is 1.89. The molecule has 2 saturated heterocycles. The van der Waals surface area contributed by atoms with Crippen molar-refractivity contribution in [3.8, 4) is 0 Å². The van der Waals surface area contributed by atoms with Gasteiger partial charge in [-0.15, -0.1) is 0 Å². The van der Waals surface area contributed by atoms with E-state index in [-0.39, 0.29) is 23.9 Å². The van der Waals surface area contributed by atoms with Gasteiger partial charge in [0.1, 0.15) is 5.82 Å². The van der Waals surface area contributed by atoms with Crippen LogP contribution in [0.15, 0.2) is 4.79 Å². The van der Waals surface area contributed by atoms with Gasteiger partial charge in [-0.2, -0.15) is 5.10 Å². The number of aromatic amines is 1. The number of carbonyl (C=O) groups is 1. The average molecular weight is 363 g/mol. The summed E-state index contributed by atoms with van der Waals surface area (Å²) < 4.78 is 7.36. The molecule has 4 rings (SSSR count). The molecule has 0 aromatic carbocycles. The van der Waals surface area contributed by atoms with Gasteiger partial charge in [0.2, 0.25) is 0 Å². The molecule has 0 spiro atoms. The number of urea groups is 1. The Morgan fingerprint density at radius 2 is 2.00 bits per heavy atom. The summed E-state index contributed by atoms with van der Waals surface area (Å²) in [7, 11) is 0. The molecule has 1 saturated carbocycles. The fourth-order valence-corrected chi connectivity index (χ4v) is 3.87. The van der Waals surface area contributed by atoms with Crippen molar-refractivity contribution < 1.29 is 9.53 Å². The van der Waals surface area contributed by atoms with Gasteiger partial charge in [0.05, 0.1) is 12.1 Å². The second kappa shape index (κ2) is 7.42. The van der Waals surface area contributed by atoms with Gasteiger partial charge in [-0.05, 0) is 44.4 Å². The first-order valence-corrected chi connectivity index (χ1v) is 9.93. The quantitative estimate of drug-likeness (QED) is 0.850. The van der Waals surface area contributed by atoms with Crippen LogP contribution in [0.25, 0.3) is 0 Å². The summed E-state index contributed by atoms with van der Waals surface area (Å²) in [5, 5.41) is 7.48. The third-order valence-corrected chi connectivity index (χ3v) is 5.80. The largest absolute Gasteiger partial charge is 0.376 e. The molecule has 2 N–H and O–H groups in total. The van der Waals surface area contributed by atoms with Crippen LogP contribution in [0.5, 0.6) is 0 Å². The van der Waals surface area contributed by atoms with Gasteiger partial charge in [0, 0.05) is 32.2 Å². The molecule has 3 aliphatic rings. The van der Waals surface area contributed by atoms with Crippen LogP contribution in [0, 0.1) is 5.92 Å². The molecule has 3 fully saturated rings. The highest BCUT2D eigenvalue weighted by Gasteiger charge is 2.31. The Bertz CT molecular complexity index is 679. The molecular weight excluding hydrogens is 334 g/mol. The topological polar surface area (TPSA) is 92.3 Å². The van der Waals surface area contributed by atoms with Crippen LogP contribution in [0.2, 0.25) is 0 Å². The molecule has 1 aromatic rings. The Morgan fingerprint density at radius 1 is 1.23 bits per heavy atom. The van der Waals surface area contributed by atoms with Gasteiger partial charge in [0.15, 0.2) is 0 Å². The minimum absolute atomic E-state index is 0.0290. The summed E-state index contributed by atoms with van der Waals surface area (Å²) in [6.07, 6.45) is 6.07. The maximum Gasteiger partial charge on any atom is 0.343 e. The Balaban J connectivity index is 1.24. The Labute approximate surface area is 153 Å². The second-order valence-electron chi connectivity index (χ2n) is 8.08. The number of H-pyrrole nitrogens is 1. The van der Waals surface area contributed by atoms with E-state index in [9.17, 15) is 9.59 Å². The third kappa shape index (κ3) is 3.95. The molecule has 3 heterocycles. The number of piperidine rings is 1. The Kier molecular flexibility index (Phi) is 5.02. The van der Waals surface area contributed by atoms with E-state index in [0.29, 0.717) is 31.5 Å². The van der Waals surface area contributed by atoms with E-state index >= 15 is 0 Å². The minimum atomic E-state index is -0.113. The monoisotopic (exact) mass is 363 g/mol. The fraction of sp³-hybridized carbons (Fsp3) is 0.833. The molecule has 0 bridgehead atoms. The molecule has 0 radical (unpaired) electrons. The van der Waals surface area contributed by atoms with Crippen molar-refractivity contribution in [1.82, 2.24) is 25.0 Å². The smallest absolute Gasteiger partial charge is 0.343 e. The van der Waals surface area contributed by atoms with E-state index in [1.807, 2.05) is 4.90 Å². The second-order valence-corrected chi connectivity index (χ2v) is 8.08. The molecule has 8 nitrogen and oxygen atoms in total. The van der Waals surface area contributed by atoms with Crippen LogP contribution < -0.4 is 11.0 Å². The van der Waals surface area contributed by atoms with Crippen molar-refractivity contribution in [2.24, 2.45) is 5.92 Å². The first-order valence-electron chi connectivity index (χ1n) is 9.93. The zero-order valence-corrected chi connectivity index (χ0v) is 15.4. The summed E-state index contributed by atoms with van der Waals surface area (Å²) in [6, 6.07) is 0.0529. The Hall–Kier alpha value is -1.83. The maximum absolute atomic E-state index is 12.4. The van der Waals surface area contributed by atoms with Crippen molar-refractivity contribution in [2.75, 3.05) is 26.2 Å². The molecule has 2 aliphatic heterocycles. The summed E-state index contributed by atoms with van der Waals surface area (Å²) >= 11 is 0. The van der Waals surface area contributed by atoms with Crippen LogP contribution in [0.1, 0.15) is 63.2 Å². The molecule has 0 unspecified atom stereocenters. The first-order chi connectivity index (χ1) is 12.6. The van der Waals surface area contributed by atoms with Gasteiger partial charge in [-0.3, -0.25) is 4.98 Å². The minimum Gasteiger partial charge on any atom is -0.376 e. The number of carbonyl (C=O) groups excluding carboxylic acids is 1. The van der Waals surface area contributed by atoms with Crippen LogP contribution in [-0.2, 0) is 4.74 Å². The zero-order chi connectivity index (χ0) is 18.1. The highest BCUT2D eigenvalue weighted by Crippen LogP contribution is 2.37. The van der Waals surface area contributed by atoms with Crippen molar-refractivity contribution in [3.05, 3.63) is 16.3 Å². The zero-order valence-electron chi connectivity index (χ0n) is 15.4. The van der Waals surface area contributed by atoms with Crippen LogP contribution in [-0.4, -0.2) is 58.0 Å². The summed E-state index contributed by atoms with van der Waals surface area (Å²) in [5.41, 5.74) is -0.113. The predicted octanol–water partition coefficient (Wildman–Crippen LogP) is 1.61. The van der Waals surface area contributed by atoms with Gasteiger partial charge >= 0.3 is 11.7 Å². The highest BCUT2D eigenvalue weighted by atomic mass is 16.5. The number of nitrogens with zero attached hydrogens (tertiary/aromatic N) is 3. The lowest BCUT2D eigenvalue weighted by Crippen LogP contribution is -2.48. The number of likely N-dealkylation sites (tertiary alicyclic amines) is 1. The number of aromatic nitrogens is 3.